The van der Waals surface area contributed by atoms with Crippen molar-refractivity contribution < 1.29 is 13.9 Å². The van der Waals surface area contributed by atoms with E-state index in [0.29, 0.717) is 12.4 Å². The van der Waals surface area contributed by atoms with Gasteiger partial charge in [-0.05, 0) is 49.9 Å². The third-order valence-electron chi connectivity index (χ3n) is 4.97. The fraction of sp³-hybridized carbons (Fsp3) is 0.632. The number of amides is 2. The maximum absolute atomic E-state index is 12.8. The predicted octanol–water partition coefficient (Wildman–Crippen LogP) is 2.82. The molecule has 0 bridgehead atoms. The van der Waals surface area contributed by atoms with Crippen LogP contribution in [0.3, 0.4) is 0 Å². The summed E-state index contributed by atoms with van der Waals surface area (Å²) >= 11 is 0. The summed E-state index contributed by atoms with van der Waals surface area (Å²) in [5.41, 5.74) is 0. The SMILES string of the molecule is O=C(N1CCCCC1)N1CCN(CCCOc2ccc(F)cc2)CC1. The van der Waals surface area contributed by atoms with Crippen molar-refractivity contribution in [3.05, 3.63) is 30.1 Å². The molecule has 3 rings (SSSR count). The van der Waals surface area contributed by atoms with Crippen LogP contribution in [0.1, 0.15) is 25.7 Å². The van der Waals surface area contributed by atoms with Crippen LogP contribution in [-0.4, -0.2) is 73.2 Å². The third-order valence-corrected chi connectivity index (χ3v) is 4.97. The number of ether oxygens (including phenoxy) is 1. The fourth-order valence-electron chi connectivity index (χ4n) is 3.46. The smallest absolute Gasteiger partial charge is 0.320 e. The first-order chi connectivity index (χ1) is 12.2. The zero-order valence-electron chi connectivity index (χ0n) is 14.8. The molecule has 25 heavy (non-hydrogen) atoms. The van der Waals surface area contributed by atoms with Crippen LogP contribution in [0.4, 0.5) is 9.18 Å². The number of urea groups is 1. The monoisotopic (exact) mass is 349 g/mol. The standard InChI is InChI=1S/C19H28FN3O2/c20-17-5-7-18(8-6-17)25-16-4-9-21-12-14-23(15-13-21)19(24)22-10-2-1-3-11-22/h5-8H,1-4,9-16H2. The van der Waals surface area contributed by atoms with Crippen LogP contribution >= 0.6 is 0 Å². The van der Waals surface area contributed by atoms with Gasteiger partial charge in [0.1, 0.15) is 11.6 Å². The molecule has 0 N–H and O–H groups in total. The highest BCUT2D eigenvalue weighted by atomic mass is 19.1. The Morgan fingerprint density at radius 1 is 0.920 bits per heavy atom. The number of nitrogens with zero attached hydrogens (tertiary/aromatic N) is 3. The van der Waals surface area contributed by atoms with E-state index < -0.39 is 0 Å². The van der Waals surface area contributed by atoms with Crippen molar-refractivity contribution in [2.75, 3.05) is 52.4 Å². The number of rotatable bonds is 5. The minimum atomic E-state index is -0.246. The Morgan fingerprint density at radius 3 is 2.24 bits per heavy atom. The number of hydrogen-bond donors (Lipinski definition) is 0. The summed E-state index contributed by atoms with van der Waals surface area (Å²) in [6.45, 7) is 6.90. The Labute approximate surface area is 149 Å². The lowest BCUT2D eigenvalue weighted by atomic mass is 10.1. The number of carbonyl (C=O) groups is 1. The van der Waals surface area contributed by atoms with Gasteiger partial charge < -0.3 is 14.5 Å². The average molecular weight is 349 g/mol. The molecule has 2 amide bonds. The van der Waals surface area contributed by atoms with E-state index in [4.69, 9.17) is 4.74 Å². The van der Waals surface area contributed by atoms with Crippen LogP contribution in [0.15, 0.2) is 24.3 Å². The van der Waals surface area contributed by atoms with Crippen molar-refractivity contribution in [1.29, 1.82) is 0 Å². The summed E-state index contributed by atoms with van der Waals surface area (Å²) in [4.78, 5) is 18.9. The summed E-state index contributed by atoms with van der Waals surface area (Å²) in [6.07, 6.45) is 4.45. The lowest BCUT2D eigenvalue weighted by Gasteiger charge is -2.38. The van der Waals surface area contributed by atoms with Gasteiger partial charge in [-0.2, -0.15) is 0 Å². The van der Waals surface area contributed by atoms with Crippen molar-refractivity contribution in [1.82, 2.24) is 14.7 Å². The summed E-state index contributed by atoms with van der Waals surface area (Å²) < 4.78 is 18.5. The van der Waals surface area contributed by atoms with Gasteiger partial charge in [-0.3, -0.25) is 4.90 Å². The second kappa shape index (κ2) is 9.04. The Bertz CT molecular complexity index is 538. The van der Waals surface area contributed by atoms with Crippen molar-refractivity contribution >= 4 is 6.03 Å². The van der Waals surface area contributed by atoms with E-state index >= 15 is 0 Å². The molecule has 0 unspecified atom stereocenters. The molecular formula is C19H28FN3O2. The van der Waals surface area contributed by atoms with Gasteiger partial charge in [-0.15, -0.1) is 0 Å². The molecule has 0 aliphatic carbocycles. The predicted molar refractivity (Wildman–Crippen MR) is 95.3 cm³/mol. The van der Waals surface area contributed by atoms with Gasteiger partial charge in [0.25, 0.3) is 0 Å². The van der Waals surface area contributed by atoms with Crippen LogP contribution in [-0.2, 0) is 0 Å². The largest absolute Gasteiger partial charge is 0.494 e. The normalized spacial score (nSPS) is 19.1. The molecule has 5 nitrogen and oxygen atoms in total. The van der Waals surface area contributed by atoms with Gasteiger partial charge in [0.05, 0.1) is 6.61 Å². The van der Waals surface area contributed by atoms with Crippen LogP contribution in [0.2, 0.25) is 0 Å². The highest BCUT2D eigenvalue weighted by Crippen LogP contribution is 2.14. The number of halogens is 1. The van der Waals surface area contributed by atoms with Crippen molar-refractivity contribution in [2.45, 2.75) is 25.7 Å². The third kappa shape index (κ3) is 5.33. The van der Waals surface area contributed by atoms with E-state index in [0.717, 1.165) is 65.1 Å². The molecule has 0 saturated carbocycles. The Morgan fingerprint density at radius 2 is 1.56 bits per heavy atom. The zero-order chi connectivity index (χ0) is 17.5. The molecular weight excluding hydrogens is 321 g/mol. The topological polar surface area (TPSA) is 36.0 Å². The van der Waals surface area contributed by atoms with Crippen LogP contribution < -0.4 is 4.74 Å². The van der Waals surface area contributed by atoms with Gasteiger partial charge in [-0.1, -0.05) is 0 Å². The number of piperazine rings is 1. The molecule has 1 aromatic rings. The maximum atomic E-state index is 12.8. The first-order valence-corrected chi connectivity index (χ1v) is 9.37. The maximum Gasteiger partial charge on any atom is 0.320 e. The quantitative estimate of drug-likeness (QED) is 0.767. The van der Waals surface area contributed by atoms with E-state index in [2.05, 4.69) is 4.90 Å². The van der Waals surface area contributed by atoms with Gasteiger partial charge in [0, 0.05) is 45.8 Å². The minimum Gasteiger partial charge on any atom is -0.494 e. The number of benzene rings is 1. The lowest BCUT2D eigenvalue weighted by Crippen LogP contribution is -2.53. The average Bonchev–Trinajstić information content (AvgIpc) is 2.67. The van der Waals surface area contributed by atoms with Crippen LogP contribution in [0.5, 0.6) is 5.75 Å². The number of piperidine rings is 1. The molecule has 0 aromatic heterocycles. The molecule has 0 atom stereocenters. The minimum absolute atomic E-state index is 0.221. The molecule has 0 radical (unpaired) electrons. The second-order valence-electron chi connectivity index (χ2n) is 6.81. The Kier molecular flexibility index (Phi) is 6.50. The van der Waals surface area contributed by atoms with E-state index in [1.54, 1.807) is 12.1 Å². The first kappa shape index (κ1) is 18.0. The number of hydrogen-bond acceptors (Lipinski definition) is 3. The van der Waals surface area contributed by atoms with Crippen molar-refractivity contribution in [3.8, 4) is 5.75 Å². The van der Waals surface area contributed by atoms with E-state index in [1.165, 1.54) is 18.6 Å². The van der Waals surface area contributed by atoms with Crippen molar-refractivity contribution in [2.24, 2.45) is 0 Å². The molecule has 2 aliphatic rings. The molecule has 138 valence electrons. The van der Waals surface area contributed by atoms with E-state index in [9.17, 15) is 9.18 Å². The molecule has 2 heterocycles. The number of likely N-dealkylation sites (tertiary alicyclic amines) is 1. The van der Waals surface area contributed by atoms with Gasteiger partial charge in [-0.25, -0.2) is 9.18 Å². The summed E-state index contributed by atoms with van der Waals surface area (Å²) in [7, 11) is 0. The first-order valence-electron chi connectivity index (χ1n) is 9.37. The van der Waals surface area contributed by atoms with Gasteiger partial charge in [0.15, 0.2) is 0 Å². The number of carbonyl (C=O) groups excluding carboxylic acids is 1. The Balaban J connectivity index is 1.31. The summed E-state index contributed by atoms with van der Waals surface area (Å²) in [6, 6.07) is 6.35. The van der Waals surface area contributed by atoms with E-state index in [1.807, 2.05) is 9.80 Å². The van der Waals surface area contributed by atoms with Gasteiger partial charge in [0.2, 0.25) is 0 Å². The molecule has 2 fully saturated rings. The van der Waals surface area contributed by atoms with Gasteiger partial charge >= 0.3 is 6.03 Å². The Hall–Kier alpha value is -1.82. The second-order valence-corrected chi connectivity index (χ2v) is 6.81. The summed E-state index contributed by atoms with van der Waals surface area (Å²) in [5, 5.41) is 0. The highest BCUT2D eigenvalue weighted by molar-refractivity contribution is 5.74. The lowest BCUT2D eigenvalue weighted by molar-refractivity contribution is 0.105. The molecule has 2 aliphatic heterocycles. The fourth-order valence-corrected chi connectivity index (χ4v) is 3.46. The van der Waals surface area contributed by atoms with Crippen LogP contribution in [0.25, 0.3) is 0 Å². The highest BCUT2D eigenvalue weighted by Gasteiger charge is 2.25. The van der Waals surface area contributed by atoms with E-state index in [-0.39, 0.29) is 11.8 Å². The summed E-state index contributed by atoms with van der Waals surface area (Å²) in [5.74, 6) is 0.461. The molecule has 6 heteroatoms. The molecule has 1 aromatic carbocycles. The van der Waals surface area contributed by atoms with Crippen molar-refractivity contribution in [3.63, 3.8) is 0 Å². The molecule has 2 saturated heterocycles. The molecule has 0 spiro atoms. The zero-order valence-corrected chi connectivity index (χ0v) is 14.8. The van der Waals surface area contributed by atoms with Crippen LogP contribution in [0, 0.1) is 5.82 Å².